The van der Waals surface area contributed by atoms with Crippen LogP contribution < -0.4 is 9.64 Å². The molecule has 178 valence electrons. The van der Waals surface area contributed by atoms with Crippen LogP contribution in [0.1, 0.15) is 23.5 Å². The second-order valence-corrected chi connectivity index (χ2v) is 9.33. The van der Waals surface area contributed by atoms with Gasteiger partial charge in [-0.15, -0.1) is 21.5 Å². The Morgan fingerprint density at radius 2 is 1.85 bits per heavy atom. The number of nitrogens with zero attached hydrogens (tertiary/aromatic N) is 5. The molecule has 4 rings (SSSR count). The molecule has 1 fully saturated rings. The van der Waals surface area contributed by atoms with Gasteiger partial charge in [-0.3, -0.25) is 9.59 Å². The van der Waals surface area contributed by atoms with Crippen molar-refractivity contribution in [2.75, 3.05) is 44.7 Å². The van der Waals surface area contributed by atoms with E-state index in [0.29, 0.717) is 31.1 Å². The molecule has 0 aliphatic carbocycles. The summed E-state index contributed by atoms with van der Waals surface area (Å²) >= 11 is 1.40. The maximum Gasteiger partial charge on any atom is 0.264 e. The van der Waals surface area contributed by atoms with E-state index < -0.39 is 0 Å². The van der Waals surface area contributed by atoms with E-state index in [2.05, 4.69) is 15.1 Å². The molecule has 9 heteroatoms. The molecule has 0 bridgehead atoms. The summed E-state index contributed by atoms with van der Waals surface area (Å²) in [5.41, 5.74) is 1.72. The summed E-state index contributed by atoms with van der Waals surface area (Å²) in [5, 5.41) is 10.7. The second kappa shape index (κ2) is 10.6. The maximum atomic E-state index is 13.0. The fourth-order valence-corrected chi connectivity index (χ4v) is 4.57. The highest BCUT2D eigenvalue weighted by Crippen LogP contribution is 2.23. The molecule has 1 aromatic carbocycles. The molecular weight excluding hydrogens is 450 g/mol. The monoisotopic (exact) mass is 479 g/mol. The summed E-state index contributed by atoms with van der Waals surface area (Å²) in [7, 11) is 1.64. The van der Waals surface area contributed by atoms with Crippen LogP contribution in [0, 0.1) is 0 Å². The lowest BCUT2D eigenvalue weighted by atomic mass is 10.1. The summed E-state index contributed by atoms with van der Waals surface area (Å²) in [6, 6.07) is 15.2. The van der Waals surface area contributed by atoms with Crippen LogP contribution in [-0.2, 0) is 4.79 Å². The lowest BCUT2D eigenvalue weighted by Crippen LogP contribution is -2.52. The van der Waals surface area contributed by atoms with Gasteiger partial charge in [0.15, 0.2) is 5.82 Å². The first kappa shape index (κ1) is 23.7. The van der Waals surface area contributed by atoms with E-state index in [1.165, 1.54) is 11.3 Å². The van der Waals surface area contributed by atoms with Gasteiger partial charge in [0, 0.05) is 37.8 Å². The number of piperazine rings is 1. The van der Waals surface area contributed by atoms with Gasteiger partial charge in [0.1, 0.15) is 12.3 Å². The summed E-state index contributed by atoms with van der Waals surface area (Å²) in [6.07, 6.45) is 0. The average molecular weight is 480 g/mol. The van der Waals surface area contributed by atoms with Crippen molar-refractivity contribution >= 4 is 29.0 Å². The minimum absolute atomic E-state index is 0.0299. The number of carbonyl (C=O) groups is 2. The molecule has 0 radical (unpaired) electrons. The molecule has 0 N–H and O–H groups in total. The van der Waals surface area contributed by atoms with Crippen LogP contribution in [0.3, 0.4) is 0 Å². The van der Waals surface area contributed by atoms with Crippen LogP contribution in [0.2, 0.25) is 0 Å². The average Bonchev–Trinajstić information content (AvgIpc) is 3.42. The highest BCUT2D eigenvalue weighted by molar-refractivity contribution is 7.12. The fourth-order valence-electron chi connectivity index (χ4n) is 3.89. The number of thiophene rings is 1. The van der Waals surface area contributed by atoms with Gasteiger partial charge < -0.3 is 19.4 Å². The Hall–Kier alpha value is -3.46. The van der Waals surface area contributed by atoms with Crippen LogP contribution in [-0.4, -0.2) is 77.7 Å². The summed E-state index contributed by atoms with van der Waals surface area (Å²) in [6.45, 7) is 6.45. The third kappa shape index (κ3) is 5.36. The molecule has 1 aliphatic heterocycles. The van der Waals surface area contributed by atoms with E-state index in [-0.39, 0.29) is 24.4 Å². The van der Waals surface area contributed by atoms with Crippen LogP contribution in [0.4, 0.5) is 5.82 Å². The predicted molar refractivity (Wildman–Crippen MR) is 133 cm³/mol. The molecule has 1 saturated heterocycles. The molecule has 3 aromatic rings. The van der Waals surface area contributed by atoms with Gasteiger partial charge in [0.05, 0.1) is 17.7 Å². The van der Waals surface area contributed by atoms with Gasteiger partial charge in [0.25, 0.3) is 5.91 Å². The zero-order valence-corrected chi connectivity index (χ0v) is 20.5. The van der Waals surface area contributed by atoms with Crippen molar-refractivity contribution in [1.29, 1.82) is 0 Å². The minimum Gasteiger partial charge on any atom is -0.497 e. The third-order valence-corrected chi connectivity index (χ3v) is 6.75. The van der Waals surface area contributed by atoms with E-state index in [9.17, 15) is 9.59 Å². The van der Waals surface area contributed by atoms with E-state index in [1.54, 1.807) is 18.1 Å². The number of ether oxygens (including phenoxy) is 1. The Labute approximate surface area is 203 Å². The normalized spacial score (nSPS) is 13.8. The molecule has 0 saturated carbocycles. The standard InChI is InChI=1S/C25H29N5O3S/c1-18(2)30(25(32)22-8-5-15-34-22)17-24(31)29-13-11-28(12-14-29)23-10-9-21(26-27-23)19-6-4-7-20(16-19)33-3/h4-10,15-16,18H,11-14,17H2,1-3H3. The number of hydrogen-bond acceptors (Lipinski definition) is 7. The van der Waals surface area contributed by atoms with Crippen LogP contribution in [0.25, 0.3) is 11.3 Å². The number of anilines is 1. The van der Waals surface area contributed by atoms with E-state index in [0.717, 1.165) is 22.8 Å². The van der Waals surface area contributed by atoms with Gasteiger partial charge in [-0.2, -0.15) is 0 Å². The van der Waals surface area contributed by atoms with Crippen molar-refractivity contribution in [3.63, 3.8) is 0 Å². The van der Waals surface area contributed by atoms with Crippen molar-refractivity contribution < 1.29 is 14.3 Å². The largest absolute Gasteiger partial charge is 0.497 e. The Morgan fingerprint density at radius 1 is 1.06 bits per heavy atom. The van der Waals surface area contributed by atoms with Gasteiger partial charge in [-0.05, 0) is 49.6 Å². The number of rotatable bonds is 7. The number of aromatic nitrogens is 2. The zero-order valence-electron chi connectivity index (χ0n) is 19.7. The van der Waals surface area contributed by atoms with Gasteiger partial charge in [-0.1, -0.05) is 18.2 Å². The van der Waals surface area contributed by atoms with Gasteiger partial charge in [0.2, 0.25) is 5.91 Å². The van der Waals surface area contributed by atoms with Crippen molar-refractivity contribution in [2.24, 2.45) is 0 Å². The van der Waals surface area contributed by atoms with Crippen molar-refractivity contribution in [1.82, 2.24) is 20.0 Å². The van der Waals surface area contributed by atoms with E-state index >= 15 is 0 Å². The van der Waals surface area contributed by atoms with E-state index in [4.69, 9.17) is 4.74 Å². The Morgan fingerprint density at radius 3 is 2.47 bits per heavy atom. The highest BCUT2D eigenvalue weighted by atomic mass is 32.1. The summed E-state index contributed by atoms with van der Waals surface area (Å²) < 4.78 is 5.28. The first-order chi connectivity index (χ1) is 16.5. The Kier molecular flexibility index (Phi) is 7.42. The molecule has 0 unspecified atom stereocenters. The van der Waals surface area contributed by atoms with E-state index in [1.807, 2.05) is 66.6 Å². The predicted octanol–water partition coefficient (Wildman–Crippen LogP) is 3.41. The SMILES string of the molecule is COc1cccc(-c2ccc(N3CCN(C(=O)CN(C(=O)c4cccs4)C(C)C)CC3)nn2)c1. The lowest BCUT2D eigenvalue weighted by Gasteiger charge is -2.36. The highest BCUT2D eigenvalue weighted by Gasteiger charge is 2.27. The molecule has 8 nitrogen and oxygen atoms in total. The van der Waals surface area contributed by atoms with Gasteiger partial charge in [-0.25, -0.2) is 0 Å². The van der Waals surface area contributed by atoms with Crippen molar-refractivity contribution in [3.05, 3.63) is 58.8 Å². The quantitative estimate of drug-likeness (QED) is 0.517. The number of methoxy groups -OCH3 is 1. The molecule has 2 aromatic heterocycles. The smallest absolute Gasteiger partial charge is 0.264 e. The fraction of sp³-hybridized carbons (Fsp3) is 0.360. The number of amides is 2. The molecule has 0 atom stereocenters. The van der Waals surface area contributed by atoms with Gasteiger partial charge >= 0.3 is 0 Å². The van der Waals surface area contributed by atoms with Crippen LogP contribution in [0.15, 0.2) is 53.9 Å². The Bertz CT molecular complexity index is 1110. The minimum atomic E-state index is -0.0941. The van der Waals surface area contributed by atoms with Crippen molar-refractivity contribution in [3.8, 4) is 17.0 Å². The van der Waals surface area contributed by atoms with Crippen molar-refractivity contribution in [2.45, 2.75) is 19.9 Å². The number of hydrogen-bond donors (Lipinski definition) is 0. The molecule has 3 heterocycles. The van der Waals surface area contributed by atoms with Crippen LogP contribution in [0.5, 0.6) is 5.75 Å². The topological polar surface area (TPSA) is 78.9 Å². The second-order valence-electron chi connectivity index (χ2n) is 8.38. The first-order valence-corrected chi connectivity index (χ1v) is 12.2. The Balaban J connectivity index is 1.34. The maximum absolute atomic E-state index is 13.0. The molecule has 34 heavy (non-hydrogen) atoms. The molecule has 2 amide bonds. The zero-order chi connectivity index (χ0) is 24.1. The third-order valence-electron chi connectivity index (χ3n) is 5.89. The summed E-state index contributed by atoms with van der Waals surface area (Å²) in [5.74, 6) is 1.44. The molecular formula is C25H29N5O3S. The molecule has 1 aliphatic rings. The first-order valence-electron chi connectivity index (χ1n) is 11.3. The number of carbonyl (C=O) groups excluding carboxylic acids is 2. The number of benzene rings is 1. The lowest BCUT2D eigenvalue weighted by molar-refractivity contribution is -0.132. The molecule has 0 spiro atoms. The summed E-state index contributed by atoms with van der Waals surface area (Å²) in [4.78, 5) is 32.0. The van der Waals surface area contributed by atoms with Crippen LogP contribution >= 0.6 is 11.3 Å².